The second-order valence-corrected chi connectivity index (χ2v) is 4.24. The minimum Gasteiger partial charge on any atom is -0.469 e. The smallest absolute Gasteiger partial charge is 0.469 e. The van der Waals surface area contributed by atoms with Gasteiger partial charge < -0.3 is 17.7 Å². The molecule has 0 saturated heterocycles. The first-order valence-corrected chi connectivity index (χ1v) is 4.13. The second kappa shape index (κ2) is 2.04. The molecule has 0 aliphatic heterocycles. The lowest BCUT2D eigenvalue weighted by atomic mass is 9.24. The molecule has 0 N–H and O–H groups in total. The summed E-state index contributed by atoms with van der Waals surface area (Å²) in [5.74, 6) is -0.477. The maximum atomic E-state index is 12.4. The van der Waals surface area contributed by atoms with Gasteiger partial charge in [0.2, 0.25) is 0 Å². The van der Waals surface area contributed by atoms with Gasteiger partial charge in [0, 0.05) is 0 Å². The van der Waals surface area contributed by atoms with Crippen LogP contribution in [0.1, 0.15) is 19.3 Å². The van der Waals surface area contributed by atoms with Crippen LogP contribution in [0.3, 0.4) is 0 Å². The summed E-state index contributed by atoms with van der Waals surface area (Å²) < 4.78 is 41.6. The lowest BCUT2D eigenvalue weighted by Gasteiger charge is -2.73. The zero-order valence-corrected chi connectivity index (χ0v) is 7.15. The number of carbonyl (C=O) groups is 1. The summed E-state index contributed by atoms with van der Waals surface area (Å²) in [5, 5.41) is -1.49. The summed E-state index contributed by atoms with van der Waals surface area (Å²) in [6, 6.07) is 0. The topological polar surface area (TPSA) is 26.3 Å². The van der Waals surface area contributed by atoms with E-state index in [1.807, 2.05) is 0 Å². The van der Waals surface area contributed by atoms with Crippen molar-refractivity contribution < 1.29 is 22.5 Å². The largest absolute Gasteiger partial charge is 0.484 e. The van der Waals surface area contributed by atoms with E-state index < -0.39 is 23.7 Å². The second-order valence-electron chi connectivity index (χ2n) is 4.24. The maximum Gasteiger partial charge on any atom is 0.484 e. The summed E-state index contributed by atoms with van der Waals surface area (Å²) >= 11 is 0. The highest BCUT2D eigenvalue weighted by Crippen LogP contribution is 2.82. The predicted molar refractivity (Wildman–Crippen MR) is 40.1 cm³/mol. The Morgan fingerprint density at radius 1 is 1.31 bits per heavy atom. The molecule has 0 aromatic heterocycles. The Bertz CT molecular complexity index is 254. The Morgan fingerprint density at radius 2 is 1.77 bits per heavy atom. The van der Waals surface area contributed by atoms with Gasteiger partial charge in [-0.05, 0) is 0 Å². The van der Waals surface area contributed by atoms with E-state index in [9.17, 15) is 17.7 Å². The van der Waals surface area contributed by atoms with Crippen molar-refractivity contribution in [3.63, 3.8) is 0 Å². The minimum atomic E-state index is -4.78. The van der Waals surface area contributed by atoms with Crippen molar-refractivity contribution in [2.24, 2.45) is 5.41 Å². The van der Waals surface area contributed by atoms with Crippen molar-refractivity contribution in [3.8, 4) is 0 Å². The van der Waals surface area contributed by atoms with E-state index in [4.69, 9.17) is 0 Å². The van der Waals surface area contributed by atoms with Crippen LogP contribution in [0.15, 0.2) is 0 Å². The SMILES string of the molecule is COC(=O)C12CC([B-](F)(F)F)(C1)C2. The van der Waals surface area contributed by atoms with Crippen LogP contribution >= 0.6 is 0 Å². The van der Waals surface area contributed by atoms with E-state index in [1.165, 1.54) is 7.11 Å². The van der Waals surface area contributed by atoms with E-state index in [0.717, 1.165) is 0 Å². The number of carbonyl (C=O) groups excluding carboxylic acids is 1. The molecule has 74 valence electrons. The zero-order valence-electron chi connectivity index (χ0n) is 7.15. The summed E-state index contributed by atoms with van der Waals surface area (Å²) in [6.45, 7) is -4.78. The normalized spacial score (nSPS) is 41.8. The summed E-state index contributed by atoms with van der Waals surface area (Å²) in [4.78, 5) is 11.0. The van der Waals surface area contributed by atoms with Gasteiger partial charge in [0.15, 0.2) is 0 Å². The van der Waals surface area contributed by atoms with Crippen LogP contribution in [0.2, 0.25) is 5.31 Å². The number of ether oxygens (including phenoxy) is 1. The van der Waals surface area contributed by atoms with E-state index >= 15 is 0 Å². The van der Waals surface area contributed by atoms with E-state index in [2.05, 4.69) is 4.74 Å². The van der Waals surface area contributed by atoms with Gasteiger partial charge in [-0.25, -0.2) is 0 Å². The molecule has 0 atom stereocenters. The van der Waals surface area contributed by atoms with Crippen LogP contribution in [0, 0.1) is 5.41 Å². The van der Waals surface area contributed by atoms with Crippen LogP contribution < -0.4 is 0 Å². The molecule has 0 aromatic carbocycles. The molecule has 0 spiro atoms. The van der Waals surface area contributed by atoms with Crippen molar-refractivity contribution in [2.45, 2.75) is 24.6 Å². The molecular weight excluding hydrogens is 184 g/mol. The van der Waals surface area contributed by atoms with Crippen molar-refractivity contribution in [3.05, 3.63) is 0 Å². The number of esters is 1. The average Bonchev–Trinajstić information content (AvgIpc) is 1.77. The number of hydrogen-bond donors (Lipinski definition) is 0. The molecule has 0 unspecified atom stereocenters. The molecule has 13 heavy (non-hydrogen) atoms. The predicted octanol–water partition coefficient (Wildman–Crippen LogP) is 1.93. The third kappa shape index (κ3) is 0.836. The molecule has 3 aliphatic rings. The van der Waals surface area contributed by atoms with Gasteiger partial charge in [-0.1, -0.05) is 24.6 Å². The minimum absolute atomic E-state index is 0.0455. The molecule has 3 rings (SSSR count). The first kappa shape index (κ1) is 8.90. The highest BCUT2D eigenvalue weighted by molar-refractivity contribution is 6.63. The van der Waals surface area contributed by atoms with Crippen molar-refractivity contribution in [2.75, 3.05) is 7.11 Å². The first-order chi connectivity index (χ1) is 5.85. The summed E-state index contributed by atoms with van der Waals surface area (Å²) in [7, 11) is 1.22. The van der Waals surface area contributed by atoms with Gasteiger partial charge in [-0.3, -0.25) is 4.79 Å². The Morgan fingerprint density at radius 3 is 2.08 bits per heavy atom. The third-order valence-electron chi connectivity index (χ3n) is 3.38. The fraction of sp³-hybridized carbons (Fsp3) is 0.857. The Labute approximate surface area is 73.5 Å². The number of hydrogen-bond acceptors (Lipinski definition) is 2. The molecule has 3 fully saturated rings. The molecule has 2 bridgehead atoms. The maximum absolute atomic E-state index is 12.4. The molecular formula is C7H9BF3O2-. The van der Waals surface area contributed by atoms with Gasteiger partial charge in [0.1, 0.15) is 0 Å². The molecule has 0 aromatic rings. The quantitative estimate of drug-likeness (QED) is 0.494. The van der Waals surface area contributed by atoms with Crippen LogP contribution in [0.25, 0.3) is 0 Å². The summed E-state index contributed by atoms with van der Waals surface area (Å²) in [5.41, 5.74) is -0.772. The molecule has 2 nitrogen and oxygen atoms in total. The number of rotatable bonds is 2. The van der Waals surface area contributed by atoms with Crippen molar-refractivity contribution >= 4 is 12.9 Å². The van der Waals surface area contributed by atoms with Gasteiger partial charge in [0.25, 0.3) is 0 Å². The molecule has 0 radical (unpaired) electrons. The van der Waals surface area contributed by atoms with Gasteiger partial charge in [0.05, 0.1) is 12.5 Å². The Hall–Kier alpha value is -0.675. The Kier molecular flexibility index (Phi) is 1.40. The zero-order chi connectivity index (χ0) is 9.91. The fourth-order valence-electron chi connectivity index (χ4n) is 2.65. The fourth-order valence-corrected chi connectivity index (χ4v) is 2.65. The first-order valence-electron chi connectivity index (χ1n) is 4.13. The molecule has 0 heterocycles. The molecule has 0 amide bonds. The van der Waals surface area contributed by atoms with Gasteiger partial charge >= 0.3 is 12.9 Å². The van der Waals surface area contributed by atoms with E-state index in [1.54, 1.807) is 0 Å². The van der Waals surface area contributed by atoms with Crippen LogP contribution in [0.4, 0.5) is 12.9 Å². The average molecular weight is 193 g/mol. The third-order valence-corrected chi connectivity index (χ3v) is 3.38. The van der Waals surface area contributed by atoms with Crippen molar-refractivity contribution in [1.82, 2.24) is 0 Å². The Balaban J connectivity index is 2.04. The van der Waals surface area contributed by atoms with Crippen molar-refractivity contribution in [1.29, 1.82) is 0 Å². The van der Waals surface area contributed by atoms with Gasteiger partial charge in [-0.15, -0.1) is 0 Å². The van der Waals surface area contributed by atoms with Crippen LogP contribution in [0.5, 0.6) is 0 Å². The summed E-state index contributed by atoms with van der Waals surface area (Å²) in [6.07, 6.45) is -0.136. The lowest BCUT2D eigenvalue weighted by molar-refractivity contribution is -0.188. The van der Waals surface area contributed by atoms with Crippen LogP contribution in [-0.2, 0) is 9.53 Å². The van der Waals surface area contributed by atoms with Crippen LogP contribution in [-0.4, -0.2) is 20.1 Å². The van der Waals surface area contributed by atoms with Gasteiger partial charge in [-0.2, -0.15) is 0 Å². The standard InChI is InChI=1S/C7H9BF3O2/c1-13-5(12)6-2-7(3-6,4-6)8(9,10)11/h2-4H2,1H3/q-1. The highest BCUT2D eigenvalue weighted by atomic mass is 19.4. The monoisotopic (exact) mass is 193 g/mol. The molecule has 6 heteroatoms. The van der Waals surface area contributed by atoms with E-state index in [0.29, 0.717) is 0 Å². The number of methoxy groups -OCH3 is 1. The highest BCUT2D eigenvalue weighted by Gasteiger charge is 2.77. The van der Waals surface area contributed by atoms with E-state index in [-0.39, 0.29) is 19.3 Å². The lowest BCUT2D eigenvalue weighted by Crippen LogP contribution is -2.68. The number of halogens is 3. The molecule has 3 aliphatic carbocycles. The molecule has 3 saturated carbocycles.